The molecule has 1 aromatic carbocycles. The fourth-order valence-electron chi connectivity index (χ4n) is 1.34. The van der Waals surface area contributed by atoms with Crippen LogP contribution in [0, 0.1) is 0 Å². The molecule has 16 heavy (non-hydrogen) atoms. The van der Waals surface area contributed by atoms with Crippen molar-refractivity contribution in [2.24, 2.45) is 0 Å². The molecule has 0 aliphatic heterocycles. The van der Waals surface area contributed by atoms with Gasteiger partial charge >= 0.3 is 0 Å². The smallest absolute Gasteiger partial charge is 0.154 e. The van der Waals surface area contributed by atoms with Gasteiger partial charge in [-0.3, -0.25) is 0 Å². The van der Waals surface area contributed by atoms with Crippen LogP contribution in [-0.4, -0.2) is 19.5 Å². The van der Waals surface area contributed by atoms with Gasteiger partial charge in [-0.15, -0.1) is 0 Å². The molecule has 0 aliphatic carbocycles. The van der Waals surface area contributed by atoms with Crippen LogP contribution >= 0.6 is 27.5 Å². The summed E-state index contributed by atoms with van der Waals surface area (Å²) in [4.78, 5) is 0. The molecular formula is C11H14BrClO2S. The van der Waals surface area contributed by atoms with Crippen molar-refractivity contribution in [3.05, 3.63) is 34.9 Å². The van der Waals surface area contributed by atoms with Crippen molar-refractivity contribution in [1.82, 2.24) is 0 Å². The van der Waals surface area contributed by atoms with Gasteiger partial charge in [-0.1, -0.05) is 45.7 Å². The van der Waals surface area contributed by atoms with Gasteiger partial charge in [-0.25, -0.2) is 8.42 Å². The molecular weight excluding hydrogens is 312 g/mol. The van der Waals surface area contributed by atoms with E-state index in [2.05, 4.69) is 15.9 Å². The Morgan fingerprint density at radius 1 is 1.19 bits per heavy atom. The van der Waals surface area contributed by atoms with Gasteiger partial charge in [0.25, 0.3) is 0 Å². The molecule has 90 valence electrons. The molecule has 0 fully saturated rings. The van der Waals surface area contributed by atoms with Gasteiger partial charge in [0, 0.05) is 10.4 Å². The molecule has 0 radical (unpaired) electrons. The first-order chi connectivity index (χ1) is 7.55. The van der Waals surface area contributed by atoms with Crippen LogP contribution in [-0.2, 0) is 15.6 Å². The third-order valence-corrected chi connectivity index (χ3v) is 4.76. The molecule has 0 heterocycles. The highest BCUT2D eigenvalue weighted by atomic mass is 79.9. The van der Waals surface area contributed by atoms with E-state index in [4.69, 9.17) is 11.6 Å². The van der Waals surface area contributed by atoms with Crippen molar-refractivity contribution in [3.63, 3.8) is 0 Å². The molecule has 0 atom stereocenters. The van der Waals surface area contributed by atoms with E-state index in [-0.39, 0.29) is 11.5 Å². The summed E-state index contributed by atoms with van der Waals surface area (Å²) < 4.78 is 23.5. The largest absolute Gasteiger partial charge is 0.228 e. The Hall–Kier alpha value is -0.0600. The molecule has 5 heteroatoms. The zero-order valence-corrected chi connectivity index (χ0v) is 12.0. The molecule has 0 amide bonds. The van der Waals surface area contributed by atoms with E-state index in [1.165, 1.54) is 0 Å². The van der Waals surface area contributed by atoms with Crippen LogP contribution in [0.25, 0.3) is 0 Å². The second kappa shape index (κ2) is 6.62. The monoisotopic (exact) mass is 324 g/mol. The van der Waals surface area contributed by atoms with E-state index in [0.717, 1.165) is 11.8 Å². The van der Waals surface area contributed by atoms with Gasteiger partial charge in [0.1, 0.15) is 0 Å². The fourth-order valence-corrected chi connectivity index (χ4v) is 3.53. The first-order valence-electron chi connectivity index (χ1n) is 5.05. The second-order valence-corrected chi connectivity index (χ2v) is 6.96. The number of alkyl halides is 1. The van der Waals surface area contributed by atoms with Crippen LogP contribution < -0.4 is 0 Å². The van der Waals surface area contributed by atoms with Crippen LogP contribution in [0.5, 0.6) is 0 Å². The predicted molar refractivity (Wildman–Crippen MR) is 72.0 cm³/mol. The van der Waals surface area contributed by atoms with Crippen molar-refractivity contribution >= 4 is 37.4 Å². The summed E-state index contributed by atoms with van der Waals surface area (Å²) in [6.07, 6.45) is 1.57. The van der Waals surface area contributed by atoms with Crippen LogP contribution in [0.3, 0.4) is 0 Å². The lowest BCUT2D eigenvalue weighted by atomic mass is 10.2. The molecule has 0 aromatic heterocycles. The SMILES string of the molecule is O=S(=O)(CCCCBr)Cc1ccccc1Cl. The molecule has 1 aromatic rings. The first-order valence-corrected chi connectivity index (χ1v) is 8.37. The minimum Gasteiger partial charge on any atom is -0.228 e. The minimum absolute atomic E-state index is 0.0367. The van der Waals surface area contributed by atoms with Gasteiger partial charge in [-0.2, -0.15) is 0 Å². The second-order valence-electron chi connectivity index (χ2n) is 3.58. The van der Waals surface area contributed by atoms with Gasteiger partial charge < -0.3 is 0 Å². The number of unbranched alkanes of at least 4 members (excludes halogenated alkanes) is 1. The minimum atomic E-state index is -3.03. The Balaban J connectivity index is 2.63. The summed E-state index contributed by atoms with van der Waals surface area (Å²) in [6, 6.07) is 7.06. The number of hydrogen-bond acceptors (Lipinski definition) is 2. The molecule has 0 aliphatic rings. The maximum atomic E-state index is 11.8. The molecule has 0 spiro atoms. The van der Waals surface area contributed by atoms with Crippen LogP contribution in [0.2, 0.25) is 5.02 Å². The van der Waals surface area contributed by atoms with Crippen molar-refractivity contribution in [1.29, 1.82) is 0 Å². The molecule has 0 bridgehead atoms. The number of benzene rings is 1. The summed E-state index contributed by atoms with van der Waals surface area (Å²) in [5.74, 6) is 0.263. The van der Waals surface area contributed by atoms with Crippen LogP contribution in [0.15, 0.2) is 24.3 Å². The number of hydrogen-bond donors (Lipinski definition) is 0. The zero-order valence-electron chi connectivity index (χ0n) is 8.83. The van der Waals surface area contributed by atoms with Crippen molar-refractivity contribution in [3.8, 4) is 0 Å². The number of sulfone groups is 1. The lowest BCUT2D eigenvalue weighted by Crippen LogP contribution is -2.09. The predicted octanol–water partition coefficient (Wildman–Crippen LogP) is 3.43. The molecule has 2 nitrogen and oxygen atoms in total. The first kappa shape index (κ1) is 14.0. The molecule has 0 unspecified atom stereocenters. The van der Waals surface area contributed by atoms with E-state index in [9.17, 15) is 8.42 Å². The Labute approximate surface area is 110 Å². The number of halogens is 2. The van der Waals surface area contributed by atoms with E-state index >= 15 is 0 Å². The summed E-state index contributed by atoms with van der Waals surface area (Å²) >= 11 is 9.20. The summed E-state index contributed by atoms with van der Waals surface area (Å²) in [7, 11) is -3.03. The van der Waals surface area contributed by atoms with E-state index in [1.807, 2.05) is 0 Å². The molecule has 0 saturated heterocycles. The van der Waals surface area contributed by atoms with Crippen molar-refractivity contribution in [2.75, 3.05) is 11.1 Å². The average Bonchev–Trinajstić information content (AvgIpc) is 2.21. The van der Waals surface area contributed by atoms with Gasteiger partial charge in [0.05, 0.1) is 11.5 Å². The van der Waals surface area contributed by atoms with Crippen molar-refractivity contribution in [2.45, 2.75) is 18.6 Å². The Morgan fingerprint density at radius 2 is 1.88 bits per heavy atom. The molecule has 0 N–H and O–H groups in total. The quantitative estimate of drug-likeness (QED) is 0.593. The Kier molecular flexibility index (Phi) is 5.79. The normalized spacial score (nSPS) is 11.6. The van der Waals surface area contributed by atoms with Crippen LogP contribution in [0.1, 0.15) is 18.4 Å². The Bertz CT molecular complexity index is 431. The number of rotatable bonds is 6. The fraction of sp³-hybridized carbons (Fsp3) is 0.455. The van der Waals surface area contributed by atoms with Gasteiger partial charge in [0.2, 0.25) is 0 Å². The maximum Gasteiger partial charge on any atom is 0.154 e. The van der Waals surface area contributed by atoms with E-state index < -0.39 is 9.84 Å². The summed E-state index contributed by atoms with van der Waals surface area (Å²) in [5.41, 5.74) is 0.683. The summed E-state index contributed by atoms with van der Waals surface area (Å²) in [5, 5.41) is 1.36. The Morgan fingerprint density at radius 3 is 2.50 bits per heavy atom. The third-order valence-electron chi connectivity index (χ3n) is 2.17. The maximum absolute atomic E-state index is 11.8. The van der Waals surface area contributed by atoms with E-state index in [0.29, 0.717) is 17.0 Å². The third kappa shape index (κ3) is 4.85. The van der Waals surface area contributed by atoms with Gasteiger partial charge in [0.15, 0.2) is 9.84 Å². The topological polar surface area (TPSA) is 34.1 Å². The van der Waals surface area contributed by atoms with Crippen molar-refractivity contribution < 1.29 is 8.42 Å². The summed E-state index contributed by atoms with van der Waals surface area (Å²) in [6.45, 7) is 0. The average molecular weight is 326 g/mol. The standard InChI is InChI=1S/C11H14BrClO2S/c12-7-3-4-8-16(14,15)9-10-5-1-2-6-11(10)13/h1-2,5-6H,3-4,7-9H2. The van der Waals surface area contributed by atoms with E-state index in [1.54, 1.807) is 24.3 Å². The zero-order chi connectivity index (χ0) is 12.0. The van der Waals surface area contributed by atoms with Crippen LogP contribution in [0.4, 0.5) is 0 Å². The molecule has 0 saturated carbocycles. The lowest BCUT2D eigenvalue weighted by Gasteiger charge is -2.05. The highest BCUT2D eigenvalue weighted by molar-refractivity contribution is 9.09. The lowest BCUT2D eigenvalue weighted by molar-refractivity contribution is 0.592. The highest BCUT2D eigenvalue weighted by Gasteiger charge is 2.13. The highest BCUT2D eigenvalue weighted by Crippen LogP contribution is 2.18. The van der Waals surface area contributed by atoms with Gasteiger partial charge in [-0.05, 0) is 24.5 Å². The molecule has 1 rings (SSSR count).